The molecule has 4 unspecified atom stereocenters. The molecule has 8 nitrogen and oxygen atoms in total. The number of anilines is 2. The number of hydrogen-bond acceptors (Lipinski definition) is 7. The van der Waals surface area contributed by atoms with Crippen molar-refractivity contribution in [1.82, 2.24) is 9.97 Å². The number of benzene rings is 1. The zero-order chi connectivity index (χ0) is 23.7. The molecule has 5 rings (SSSR count). The van der Waals surface area contributed by atoms with Crippen LogP contribution in [0.4, 0.5) is 29.6 Å². The van der Waals surface area contributed by atoms with Gasteiger partial charge in [-0.25, -0.2) is 14.8 Å². The number of halogens is 3. The van der Waals surface area contributed by atoms with E-state index in [0.717, 1.165) is 30.7 Å². The molecule has 2 N–H and O–H groups in total. The Morgan fingerprint density at radius 3 is 2.68 bits per heavy atom. The highest BCUT2D eigenvalue weighted by molar-refractivity contribution is 5.84. The zero-order valence-electron chi connectivity index (χ0n) is 18.3. The van der Waals surface area contributed by atoms with Crippen LogP contribution >= 0.6 is 0 Å². The summed E-state index contributed by atoms with van der Waals surface area (Å²) < 4.78 is 55.7. The number of nitrogens with one attached hydrogen (secondary N) is 2. The molecule has 1 amide bonds. The van der Waals surface area contributed by atoms with E-state index in [1.807, 2.05) is 6.07 Å². The summed E-state index contributed by atoms with van der Waals surface area (Å²) in [6, 6.07) is 6.08. The molecule has 34 heavy (non-hydrogen) atoms. The summed E-state index contributed by atoms with van der Waals surface area (Å²) in [6.07, 6.45) is -0.481. The van der Waals surface area contributed by atoms with E-state index in [4.69, 9.17) is 14.2 Å². The second kappa shape index (κ2) is 9.38. The van der Waals surface area contributed by atoms with Crippen LogP contribution in [-0.2, 0) is 20.4 Å². The molecule has 0 bridgehead atoms. The highest BCUT2D eigenvalue weighted by Crippen LogP contribution is 2.34. The van der Waals surface area contributed by atoms with Gasteiger partial charge < -0.3 is 19.5 Å². The Morgan fingerprint density at radius 1 is 1.09 bits per heavy atom. The number of aromatic nitrogens is 2. The molecule has 1 aromatic heterocycles. The number of carbonyl (C=O) groups is 1. The minimum atomic E-state index is -4.51. The monoisotopic (exact) mass is 478 g/mol. The van der Waals surface area contributed by atoms with E-state index in [-0.39, 0.29) is 24.4 Å². The van der Waals surface area contributed by atoms with Gasteiger partial charge in [0, 0.05) is 23.5 Å². The van der Waals surface area contributed by atoms with Crippen LogP contribution in [0.25, 0.3) is 0 Å². The molecule has 2 aliphatic heterocycles. The zero-order valence-corrected chi connectivity index (χ0v) is 18.3. The van der Waals surface area contributed by atoms with Gasteiger partial charge in [-0.05, 0) is 37.1 Å². The van der Waals surface area contributed by atoms with Crippen LogP contribution in [0.3, 0.4) is 0 Å². The molecule has 1 saturated carbocycles. The van der Waals surface area contributed by atoms with Gasteiger partial charge in [-0.15, -0.1) is 0 Å². The fraction of sp³-hybridized carbons (Fsp3) is 0.522. The minimum Gasteiger partial charge on any atom is -0.441 e. The normalized spacial score (nSPS) is 26.9. The Labute approximate surface area is 194 Å². The van der Waals surface area contributed by atoms with Crippen molar-refractivity contribution in [2.45, 2.75) is 62.1 Å². The number of amides is 1. The number of carbonyl (C=O) groups excluding carboxylic acids is 1. The Balaban J connectivity index is 1.17. The number of rotatable bonds is 5. The number of fused-ring (bicyclic) bond motifs is 1. The largest absolute Gasteiger partial charge is 0.441 e. The second-order valence-electron chi connectivity index (χ2n) is 8.78. The first-order valence-electron chi connectivity index (χ1n) is 11.3. The second-order valence-corrected chi connectivity index (χ2v) is 8.78. The topological polar surface area (TPSA) is 94.6 Å². The lowest BCUT2D eigenvalue weighted by atomic mass is 10.0. The third kappa shape index (κ3) is 4.95. The average molecular weight is 478 g/mol. The molecular formula is C23H25F3N4O4. The van der Waals surface area contributed by atoms with Gasteiger partial charge in [0.2, 0.25) is 5.95 Å². The number of hydrogen-bond donors (Lipinski definition) is 2. The van der Waals surface area contributed by atoms with Crippen molar-refractivity contribution in [1.29, 1.82) is 0 Å². The van der Waals surface area contributed by atoms with Gasteiger partial charge in [-0.1, -0.05) is 18.9 Å². The van der Waals surface area contributed by atoms with Gasteiger partial charge in [-0.3, -0.25) is 5.32 Å². The van der Waals surface area contributed by atoms with Gasteiger partial charge in [0.1, 0.15) is 12.2 Å². The van der Waals surface area contributed by atoms with E-state index >= 15 is 0 Å². The van der Waals surface area contributed by atoms with Crippen molar-refractivity contribution in [3.63, 3.8) is 0 Å². The Hall–Kier alpha value is -2.92. The summed E-state index contributed by atoms with van der Waals surface area (Å²) in [5.74, 6) is 0.973. The summed E-state index contributed by atoms with van der Waals surface area (Å²) >= 11 is 0. The molecule has 0 radical (unpaired) electrons. The molecule has 11 heteroatoms. The van der Waals surface area contributed by atoms with Crippen molar-refractivity contribution in [2.75, 3.05) is 23.8 Å². The molecular weight excluding hydrogens is 453 g/mol. The lowest BCUT2D eigenvalue weighted by Gasteiger charge is -2.18. The van der Waals surface area contributed by atoms with E-state index in [2.05, 4.69) is 20.6 Å². The minimum absolute atomic E-state index is 0.0125. The number of ether oxygens (including phenoxy) is 3. The van der Waals surface area contributed by atoms with Crippen molar-refractivity contribution in [2.24, 2.45) is 0 Å². The molecule has 0 spiro atoms. The predicted molar refractivity (Wildman–Crippen MR) is 115 cm³/mol. The van der Waals surface area contributed by atoms with Crippen LogP contribution in [0.2, 0.25) is 0 Å². The quantitative estimate of drug-likeness (QED) is 0.660. The smallest absolute Gasteiger partial charge is 0.416 e. The molecule has 1 aliphatic carbocycles. The molecule has 2 aromatic rings. The van der Waals surface area contributed by atoms with Gasteiger partial charge >= 0.3 is 12.3 Å². The third-order valence-corrected chi connectivity index (χ3v) is 6.47. The first kappa shape index (κ1) is 22.9. The average Bonchev–Trinajstić information content (AvgIpc) is 3.54. The van der Waals surface area contributed by atoms with Crippen molar-refractivity contribution in [3.8, 4) is 0 Å². The fourth-order valence-corrected chi connectivity index (χ4v) is 4.80. The van der Waals surface area contributed by atoms with Gasteiger partial charge in [-0.2, -0.15) is 13.2 Å². The molecule has 4 atom stereocenters. The Morgan fingerprint density at radius 2 is 1.88 bits per heavy atom. The van der Waals surface area contributed by atoms with Crippen LogP contribution in [0.5, 0.6) is 0 Å². The van der Waals surface area contributed by atoms with E-state index in [1.165, 1.54) is 25.0 Å². The SMILES string of the molecule is O=C(Nc1cccc(C(F)(F)F)c1)OC1COC2C(Nc3nccc(C4CCCC4)n3)COC12. The fourth-order valence-electron chi connectivity index (χ4n) is 4.80. The standard InChI is InChI=1S/C23H25F3N4O4/c24-23(25,26)14-6-3-7-15(10-14)28-22(31)34-18-12-33-19-17(11-32-20(18)19)30-21-27-9-8-16(29-21)13-4-1-2-5-13/h3,6-10,13,17-20H,1-2,4-5,11-12H2,(H,28,31)(H,27,29,30). The summed E-state index contributed by atoms with van der Waals surface area (Å²) in [5, 5.41) is 5.61. The van der Waals surface area contributed by atoms with E-state index in [9.17, 15) is 18.0 Å². The van der Waals surface area contributed by atoms with Crippen molar-refractivity contribution in [3.05, 3.63) is 47.8 Å². The first-order chi connectivity index (χ1) is 16.4. The van der Waals surface area contributed by atoms with Crippen LogP contribution in [0.1, 0.15) is 42.9 Å². The van der Waals surface area contributed by atoms with Crippen molar-refractivity contribution < 1.29 is 32.2 Å². The van der Waals surface area contributed by atoms with E-state index < -0.39 is 30.0 Å². The van der Waals surface area contributed by atoms with E-state index in [0.29, 0.717) is 18.5 Å². The maximum Gasteiger partial charge on any atom is 0.416 e. The van der Waals surface area contributed by atoms with Gasteiger partial charge in [0.25, 0.3) is 0 Å². The Kier molecular flexibility index (Phi) is 6.30. The number of alkyl halides is 3. The predicted octanol–water partition coefficient (Wildman–Crippen LogP) is 4.35. The van der Waals surface area contributed by atoms with E-state index in [1.54, 1.807) is 6.20 Å². The maximum absolute atomic E-state index is 12.9. The maximum atomic E-state index is 12.9. The lowest BCUT2D eigenvalue weighted by molar-refractivity contribution is -0.137. The summed E-state index contributed by atoms with van der Waals surface area (Å²) in [4.78, 5) is 21.3. The van der Waals surface area contributed by atoms with Crippen LogP contribution in [-0.4, -0.2) is 53.6 Å². The van der Waals surface area contributed by atoms with Crippen LogP contribution in [0.15, 0.2) is 36.5 Å². The molecule has 1 aromatic carbocycles. The van der Waals surface area contributed by atoms with Gasteiger partial charge in [0.15, 0.2) is 6.10 Å². The third-order valence-electron chi connectivity index (χ3n) is 6.47. The molecule has 3 aliphatic rings. The summed E-state index contributed by atoms with van der Waals surface area (Å²) in [7, 11) is 0. The molecule has 3 fully saturated rings. The highest BCUT2D eigenvalue weighted by atomic mass is 19.4. The van der Waals surface area contributed by atoms with Crippen molar-refractivity contribution >= 4 is 17.7 Å². The summed E-state index contributed by atoms with van der Waals surface area (Å²) in [5.41, 5.74) is 0.161. The van der Waals surface area contributed by atoms with Gasteiger partial charge in [0.05, 0.1) is 24.8 Å². The lowest BCUT2D eigenvalue weighted by Crippen LogP contribution is -2.38. The highest BCUT2D eigenvalue weighted by Gasteiger charge is 2.49. The van der Waals surface area contributed by atoms with Crippen LogP contribution < -0.4 is 10.6 Å². The molecule has 182 valence electrons. The first-order valence-corrected chi connectivity index (χ1v) is 11.3. The summed E-state index contributed by atoms with van der Waals surface area (Å²) in [6.45, 7) is 0.438. The Bertz CT molecular complexity index is 1030. The van der Waals surface area contributed by atoms with Crippen LogP contribution in [0, 0.1) is 0 Å². The molecule has 2 saturated heterocycles. The number of nitrogens with zero attached hydrogens (tertiary/aromatic N) is 2. The molecule has 3 heterocycles.